The van der Waals surface area contributed by atoms with Crippen molar-refractivity contribution in [1.82, 2.24) is 10.2 Å². The van der Waals surface area contributed by atoms with Gasteiger partial charge in [0.2, 0.25) is 0 Å². The summed E-state index contributed by atoms with van der Waals surface area (Å²) in [6.45, 7) is 0. The van der Waals surface area contributed by atoms with E-state index >= 15 is 0 Å². The highest BCUT2D eigenvalue weighted by Crippen LogP contribution is 2.21. The number of nitrogens with zero attached hydrogens (tertiary/aromatic N) is 1. The Bertz CT molecular complexity index is 368. The number of aromatic nitrogens is 2. The van der Waals surface area contributed by atoms with Crippen molar-refractivity contribution < 1.29 is 9.53 Å². The van der Waals surface area contributed by atoms with E-state index in [2.05, 4.69) is 14.9 Å². The molecular weight excluding hydrogens is 253 g/mol. The van der Waals surface area contributed by atoms with Gasteiger partial charge in [0.1, 0.15) is 0 Å². The zero-order chi connectivity index (χ0) is 10.1. The van der Waals surface area contributed by atoms with Gasteiger partial charge in [-0.1, -0.05) is 0 Å². The second-order valence-electron chi connectivity index (χ2n) is 3.52. The standard InChI is InChI=1S/C9H13N3O2.2ClH/c1-14-9(13)8-6-4-5(10)2-3-7(6)11-12-8;;/h5H,2-4,10H2,1H3,(H,11,12);2*1H. The number of hydrogen-bond acceptors (Lipinski definition) is 4. The molecule has 5 nitrogen and oxygen atoms in total. The Morgan fingerprint density at radius 3 is 2.88 bits per heavy atom. The van der Waals surface area contributed by atoms with Gasteiger partial charge in [-0.15, -0.1) is 24.8 Å². The number of ether oxygens (including phenoxy) is 1. The maximum atomic E-state index is 11.3. The highest BCUT2D eigenvalue weighted by molar-refractivity contribution is 5.89. The van der Waals surface area contributed by atoms with Crippen molar-refractivity contribution in [2.24, 2.45) is 5.73 Å². The minimum atomic E-state index is -0.392. The molecule has 0 amide bonds. The number of hydrogen-bond donors (Lipinski definition) is 2. The van der Waals surface area contributed by atoms with Crippen LogP contribution in [0, 0.1) is 0 Å². The Hall–Kier alpha value is -0.780. The summed E-state index contributed by atoms with van der Waals surface area (Å²) in [5, 5.41) is 6.80. The minimum absolute atomic E-state index is 0. The van der Waals surface area contributed by atoms with Crippen molar-refractivity contribution in [2.45, 2.75) is 25.3 Å². The third-order valence-electron chi connectivity index (χ3n) is 2.56. The first-order chi connectivity index (χ1) is 6.72. The molecule has 1 aromatic rings. The average Bonchev–Trinajstić information content (AvgIpc) is 2.59. The van der Waals surface area contributed by atoms with Gasteiger partial charge in [0, 0.05) is 17.3 Å². The molecule has 1 aromatic heterocycles. The minimum Gasteiger partial charge on any atom is -0.464 e. The van der Waals surface area contributed by atoms with E-state index in [4.69, 9.17) is 5.73 Å². The number of H-pyrrole nitrogens is 1. The fraction of sp³-hybridized carbons (Fsp3) is 0.556. The van der Waals surface area contributed by atoms with Gasteiger partial charge >= 0.3 is 5.97 Å². The molecule has 0 radical (unpaired) electrons. The van der Waals surface area contributed by atoms with Gasteiger partial charge in [0.05, 0.1) is 7.11 Å². The zero-order valence-corrected chi connectivity index (χ0v) is 10.5. The molecule has 1 atom stereocenters. The third kappa shape index (κ3) is 2.66. The summed E-state index contributed by atoms with van der Waals surface area (Å²) in [4.78, 5) is 11.3. The van der Waals surface area contributed by atoms with Gasteiger partial charge in [-0.25, -0.2) is 4.79 Å². The summed E-state index contributed by atoms with van der Waals surface area (Å²) in [5.74, 6) is -0.392. The van der Waals surface area contributed by atoms with Gasteiger partial charge in [-0.3, -0.25) is 5.10 Å². The van der Waals surface area contributed by atoms with Crippen LogP contribution < -0.4 is 5.73 Å². The number of carbonyl (C=O) groups is 1. The van der Waals surface area contributed by atoms with E-state index in [-0.39, 0.29) is 30.9 Å². The molecule has 2 rings (SSSR count). The van der Waals surface area contributed by atoms with Crippen LogP contribution in [0.1, 0.15) is 28.2 Å². The molecule has 1 aliphatic carbocycles. The largest absolute Gasteiger partial charge is 0.464 e. The lowest BCUT2D eigenvalue weighted by Gasteiger charge is -2.17. The van der Waals surface area contributed by atoms with Crippen LogP contribution in [0.15, 0.2) is 0 Å². The monoisotopic (exact) mass is 267 g/mol. The first kappa shape index (κ1) is 15.2. The van der Waals surface area contributed by atoms with Crippen molar-refractivity contribution in [2.75, 3.05) is 7.11 Å². The van der Waals surface area contributed by atoms with E-state index in [9.17, 15) is 4.79 Å². The maximum Gasteiger partial charge on any atom is 0.358 e. The number of methoxy groups -OCH3 is 1. The number of rotatable bonds is 1. The number of fused-ring (bicyclic) bond motifs is 1. The first-order valence-corrected chi connectivity index (χ1v) is 4.62. The molecule has 0 spiro atoms. The fourth-order valence-electron chi connectivity index (χ4n) is 1.79. The lowest BCUT2D eigenvalue weighted by atomic mass is 9.92. The summed E-state index contributed by atoms with van der Waals surface area (Å²) < 4.78 is 4.63. The molecule has 3 N–H and O–H groups in total. The van der Waals surface area contributed by atoms with Crippen molar-refractivity contribution in [3.8, 4) is 0 Å². The van der Waals surface area contributed by atoms with Crippen LogP contribution in [0.3, 0.4) is 0 Å². The van der Waals surface area contributed by atoms with Crippen molar-refractivity contribution in [1.29, 1.82) is 0 Å². The van der Waals surface area contributed by atoms with Crippen LogP contribution in [0.4, 0.5) is 0 Å². The lowest BCUT2D eigenvalue weighted by Crippen LogP contribution is -2.28. The van der Waals surface area contributed by atoms with E-state index in [0.29, 0.717) is 12.1 Å². The topological polar surface area (TPSA) is 81.0 Å². The Morgan fingerprint density at radius 1 is 1.56 bits per heavy atom. The van der Waals surface area contributed by atoms with Crippen molar-refractivity contribution in [3.05, 3.63) is 17.0 Å². The number of esters is 1. The SMILES string of the molecule is COC(=O)c1n[nH]c2c1CC(N)CC2.Cl.Cl. The van der Waals surface area contributed by atoms with Crippen LogP contribution >= 0.6 is 24.8 Å². The summed E-state index contributed by atoms with van der Waals surface area (Å²) in [6, 6.07) is 0.128. The van der Waals surface area contributed by atoms with Gasteiger partial charge in [0.15, 0.2) is 5.69 Å². The fourth-order valence-corrected chi connectivity index (χ4v) is 1.79. The molecule has 0 bridgehead atoms. The molecule has 0 fully saturated rings. The molecule has 0 saturated carbocycles. The van der Waals surface area contributed by atoms with Crippen molar-refractivity contribution in [3.63, 3.8) is 0 Å². The van der Waals surface area contributed by atoms with Gasteiger partial charge in [-0.05, 0) is 19.3 Å². The van der Waals surface area contributed by atoms with E-state index < -0.39 is 5.97 Å². The second-order valence-corrected chi connectivity index (χ2v) is 3.52. The molecule has 16 heavy (non-hydrogen) atoms. The van der Waals surface area contributed by atoms with Crippen molar-refractivity contribution >= 4 is 30.8 Å². The molecule has 7 heteroatoms. The highest BCUT2D eigenvalue weighted by atomic mass is 35.5. The number of halogens is 2. The van der Waals surface area contributed by atoms with E-state index in [0.717, 1.165) is 24.1 Å². The number of nitrogens with one attached hydrogen (secondary N) is 1. The first-order valence-electron chi connectivity index (χ1n) is 4.62. The Kier molecular flexibility index (Phi) is 5.78. The number of carbonyl (C=O) groups excluding carboxylic acids is 1. The van der Waals surface area contributed by atoms with Gasteiger partial charge in [-0.2, -0.15) is 5.10 Å². The maximum absolute atomic E-state index is 11.3. The quantitative estimate of drug-likeness (QED) is 0.740. The normalized spacial score (nSPS) is 17.8. The molecular formula is C9H15Cl2N3O2. The Morgan fingerprint density at radius 2 is 2.25 bits per heavy atom. The lowest BCUT2D eigenvalue weighted by molar-refractivity contribution is 0.0592. The Labute approximate surface area is 106 Å². The zero-order valence-electron chi connectivity index (χ0n) is 8.86. The molecule has 1 aliphatic rings. The van der Waals surface area contributed by atoms with Crippen LogP contribution in [0.2, 0.25) is 0 Å². The summed E-state index contributed by atoms with van der Waals surface area (Å²) in [6.07, 6.45) is 2.51. The molecule has 0 aliphatic heterocycles. The predicted octanol–water partition coefficient (Wildman–Crippen LogP) is 0.856. The average molecular weight is 268 g/mol. The molecule has 1 unspecified atom stereocenters. The highest BCUT2D eigenvalue weighted by Gasteiger charge is 2.25. The molecule has 1 heterocycles. The third-order valence-corrected chi connectivity index (χ3v) is 2.56. The second kappa shape index (κ2) is 6.08. The van der Waals surface area contributed by atoms with Crippen LogP contribution in [-0.2, 0) is 17.6 Å². The predicted molar refractivity (Wildman–Crippen MR) is 64.4 cm³/mol. The van der Waals surface area contributed by atoms with Crippen LogP contribution in [-0.4, -0.2) is 29.3 Å². The number of aromatic amines is 1. The van der Waals surface area contributed by atoms with Gasteiger partial charge in [0.25, 0.3) is 0 Å². The molecule has 0 aromatic carbocycles. The molecule has 0 saturated heterocycles. The number of nitrogens with two attached hydrogens (primary N) is 1. The number of aryl methyl sites for hydroxylation is 1. The summed E-state index contributed by atoms with van der Waals surface area (Å²) in [7, 11) is 1.35. The summed E-state index contributed by atoms with van der Waals surface area (Å²) >= 11 is 0. The van der Waals surface area contributed by atoms with E-state index in [1.807, 2.05) is 0 Å². The Balaban J connectivity index is 0.00000112. The summed E-state index contributed by atoms with van der Waals surface area (Å²) in [5.41, 5.74) is 8.16. The molecule has 92 valence electrons. The van der Waals surface area contributed by atoms with E-state index in [1.165, 1.54) is 7.11 Å². The van der Waals surface area contributed by atoms with Crippen LogP contribution in [0.25, 0.3) is 0 Å². The van der Waals surface area contributed by atoms with E-state index in [1.54, 1.807) is 0 Å². The van der Waals surface area contributed by atoms with Gasteiger partial charge < -0.3 is 10.5 Å². The van der Waals surface area contributed by atoms with Crippen LogP contribution in [0.5, 0.6) is 0 Å². The smallest absolute Gasteiger partial charge is 0.358 e.